The Balaban J connectivity index is 1.52. The second-order valence-electron chi connectivity index (χ2n) is 5.42. The van der Waals surface area contributed by atoms with Gasteiger partial charge in [-0.05, 0) is 42.0 Å². The third-order valence-electron chi connectivity index (χ3n) is 3.55. The summed E-state index contributed by atoms with van der Waals surface area (Å²) in [5, 5.41) is 2.74. The van der Waals surface area contributed by atoms with Gasteiger partial charge in [0.05, 0.1) is 12.9 Å². The zero-order valence-corrected chi connectivity index (χ0v) is 13.4. The second-order valence-corrected chi connectivity index (χ2v) is 5.42. The van der Waals surface area contributed by atoms with E-state index in [2.05, 4.69) is 22.1 Å². The van der Waals surface area contributed by atoms with Gasteiger partial charge in [-0.1, -0.05) is 24.0 Å². The molecule has 0 unspecified atom stereocenters. The summed E-state index contributed by atoms with van der Waals surface area (Å²) >= 11 is 0. The summed E-state index contributed by atoms with van der Waals surface area (Å²) in [5.74, 6) is 5.25. The van der Waals surface area contributed by atoms with E-state index in [1.54, 1.807) is 36.8 Å². The Morgan fingerprint density at radius 1 is 1.12 bits per heavy atom. The number of imidazole rings is 1. The summed E-state index contributed by atoms with van der Waals surface area (Å²) in [6.45, 7) is 0.943. The fourth-order valence-electron chi connectivity index (χ4n) is 2.26. The largest absolute Gasteiger partial charge is 0.341 e. The maximum atomic E-state index is 12.8. The quantitative estimate of drug-likeness (QED) is 0.746. The molecule has 0 saturated carbocycles. The Hall–Kier alpha value is -3.39. The molecule has 0 saturated heterocycles. The summed E-state index contributed by atoms with van der Waals surface area (Å²) in [7, 11) is 0. The van der Waals surface area contributed by atoms with Crippen molar-refractivity contribution in [3.8, 4) is 11.8 Å². The third-order valence-corrected chi connectivity index (χ3v) is 3.55. The van der Waals surface area contributed by atoms with Crippen LogP contribution < -0.4 is 5.32 Å². The van der Waals surface area contributed by atoms with Crippen molar-refractivity contribution in [1.29, 1.82) is 0 Å². The summed E-state index contributed by atoms with van der Waals surface area (Å²) in [6.07, 6.45) is 5.37. The fourth-order valence-corrected chi connectivity index (χ4v) is 2.26. The highest BCUT2D eigenvalue weighted by molar-refractivity contribution is 5.94. The molecule has 0 bridgehead atoms. The number of rotatable bonds is 4. The first kappa shape index (κ1) is 16.5. The molecule has 0 aliphatic carbocycles. The third kappa shape index (κ3) is 4.79. The number of nitrogens with zero attached hydrogens (tertiary/aromatic N) is 2. The minimum absolute atomic E-state index is 0.178. The van der Waals surface area contributed by atoms with Gasteiger partial charge in [0, 0.05) is 30.1 Å². The van der Waals surface area contributed by atoms with Crippen LogP contribution in [0.3, 0.4) is 0 Å². The molecule has 1 amide bonds. The molecule has 25 heavy (non-hydrogen) atoms. The van der Waals surface area contributed by atoms with E-state index in [4.69, 9.17) is 0 Å². The Morgan fingerprint density at radius 3 is 2.56 bits per heavy atom. The van der Waals surface area contributed by atoms with E-state index in [1.165, 1.54) is 12.1 Å². The molecule has 0 aliphatic heterocycles. The number of hydrogen-bond acceptors (Lipinski definition) is 2. The molecule has 0 aliphatic rings. The van der Waals surface area contributed by atoms with Crippen molar-refractivity contribution in [2.75, 3.05) is 6.54 Å². The van der Waals surface area contributed by atoms with Crippen LogP contribution in [0.15, 0.2) is 67.3 Å². The number of amides is 1. The van der Waals surface area contributed by atoms with E-state index in [-0.39, 0.29) is 18.3 Å². The molecule has 0 fully saturated rings. The van der Waals surface area contributed by atoms with Gasteiger partial charge in [-0.15, -0.1) is 0 Å². The van der Waals surface area contributed by atoms with Crippen molar-refractivity contribution in [3.05, 3.63) is 89.8 Å². The van der Waals surface area contributed by atoms with E-state index in [1.807, 2.05) is 22.9 Å². The van der Waals surface area contributed by atoms with Gasteiger partial charge in [0.2, 0.25) is 0 Å². The van der Waals surface area contributed by atoms with Crippen LogP contribution in [0.25, 0.3) is 0 Å². The van der Waals surface area contributed by atoms with Gasteiger partial charge in [0.1, 0.15) is 5.82 Å². The van der Waals surface area contributed by atoms with Crippen molar-refractivity contribution >= 4 is 5.91 Å². The zero-order chi connectivity index (χ0) is 17.5. The van der Waals surface area contributed by atoms with Crippen LogP contribution in [-0.2, 0) is 6.54 Å². The Labute approximate surface area is 145 Å². The van der Waals surface area contributed by atoms with Gasteiger partial charge < -0.3 is 9.88 Å². The van der Waals surface area contributed by atoms with Crippen molar-refractivity contribution in [3.63, 3.8) is 0 Å². The SMILES string of the molecule is O=C(NCC#Cc1ccc(F)cc1)c1ccc(Cn2ccnc2)cc1. The normalized spacial score (nSPS) is 9.96. The first-order valence-corrected chi connectivity index (χ1v) is 7.78. The number of nitrogens with one attached hydrogen (secondary N) is 1. The Morgan fingerprint density at radius 2 is 1.88 bits per heavy atom. The molecule has 1 N–H and O–H groups in total. The highest BCUT2D eigenvalue weighted by Gasteiger charge is 2.04. The van der Waals surface area contributed by atoms with E-state index < -0.39 is 0 Å². The van der Waals surface area contributed by atoms with Crippen molar-refractivity contribution in [1.82, 2.24) is 14.9 Å². The minimum atomic E-state index is -0.296. The van der Waals surface area contributed by atoms with E-state index in [0.717, 1.165) is 5.56 Å². The van der Waals surface area contributed by atoms with Gasteiger partial charge in [0.15, 0.2) is 0 Å². The highest BCUT2D eigenvalue weighted by Crippen LogP contribution is 2.06. The molecule has 124 valence electrons. The molecular weight excluding hydrogens is 317 g/mol. The van der Waals surface area contributed by atoms with Gasteiger partial charge in [-0.3, -0.25) is 4.79 Å². The standard InChI is InChI=1S/C20H16FN3O/c21-19-9-5-16(6-10-19)2-1-11-23-20(25)18-7-3-17(4-8-18)14-24-13-12-22-15-24/h3-10,12-13,15H,11,14H2,(H,23,25). The maximum absolute atomic E-state index is 12.8. The Bertz CT molecular complexity index is 889. The molecule has 5 heteroatoms. The number of halogens is 1. The van der Waals surface area contributed by atoms with Gasteiger partial charge in [-0.2, -0.15) is 0 Å². The van der Waals surface area contributed by atoms with Crippen molar-refractivity contribution < 1.29 is 9.18 Å². The van der Waals surface area contributed by atoms with Crippen molar-refractivity contribution in [2.45, 2.75) is 6.54 Å². The summed E-state index contributed by atoms with van der Waals surface area (Å²) in [4.78, 5) is 16.1. The minimum Gasteiger partial charge on any atom is -0.341 e. The number of benzene rings is 2. The second kappa shape index (κ2) is 7.93. The maximum Gasteiger partial charge on any atom is 0.252 e. The first-order valence-electron chi connectivity index (χ1n) is 7.78. The lowest BCUT2D eigenvalue weighted by Crippen LogP contribution is -2.23. The van der Waals surface area contributed by atoms with E-state index >= 15 is 0 Å². The predicted octanol–water partition coefficient (Wildman–Crippen LogP) is 2.85. The molecule has 0 spiro atoms. The lowest BCUT2D eigenvalue weighted by atomic mass is 10.1. The monoisotopic (exact) mass is 333 g/mol. The van der Waals surface area contributed by atoms with E-state index in [0.29, 0.717) is 17.7 Å². The first-order chi connectivity index (χ1) is 12.2. The molecule has 4 nitrogen and oxygen atoms in total. The predicted molar refractivity (Wildman–Crippen MR) is 93.4 cm³/mol. The van der Waals surface area contributed by atoms with Gasteiger partial charge in [0.25, 0.3) is 5.91 Å². The molecule has 2 aromatic carbocycles. The van der Waals surface area contributed by atoms with Crippen LogP contribution in [0.5, 0.6) is 0 Å². The molecule has 0 atom stereocenters. The number of carbonyl (C=O) groups excluding carboxylic acids is 1. The average Bonchev–Trinajstić information content (AvgIpc) is 3.14. The fraction of sp³-hybridized carbons (Fsp3) is 0.100. The van der Waals surface area contributed by atoms with Gasteiger partial charge in [-0.25, -0.2) is 9.37 Å². The molecule has 3 aromatic rings. The van der Waals surface area contributed by atoms with Gasteiger partial charge >= 0.3 is 0 Å². The molecular formula is C20H16FN3O. The van der Waals surface area contributed by atoms with Crippen LogP contribution >= 0.6 is 0 Å². The topological polar surface area (TPSA) is 46.9 Å². The summed E-state index contributed by atoms with van der Waals surface area (Å²) in [5.41, 5.74) is 2.38. The molecule has 1 heterocycles. The summed E-state index contributed by atoms with van der Waals surface area (Å²) < 4.78 is 14.8. The van der Waals surface area contributed by atoms with Crippen molar-refractivity contribution in [2.24, 2.45) is 0 Å². The van der Waals surface area contributed by atoms with Crippen LogP contribution in [0.1, 0.15) is 21.5 Å². The van der Waals surface area contributed by atoms with E-state index in [9.17, 15) is 9.18 Å². The van der Waals surface area contributed by atoms with Crippen LogP contribution in [0, 0.1) is 17.7 Å². The van der Waals surface area contributed by atoms with Crippen LogP contribution in [0.2, 0.25) is 0 Å². The average molecular weight is 333 g/mol. The molecule has 0 radical (unpaired) electrons. The zero-order valence-electron chi connectivity index (χ0n) is 13.4. The highest BCUT2D eigenvalue weighted by atomic mass is 19.1. The van der Waals surface area contributed by atoms with Crippen LogP contribution in [0.4, 0.5) is 4.39 Å². The Kier molecular flexibility index (Phi) is 5.22. The smallest absolute Gasteiger partial charge is 0.252 e. The lowest BCUT2D eigenvalue weighted by molar-refractivity contribution is 0.0958. The lowest BCUT2D eigenvalue weighted by Gasteiger charge is -2.05. The molecule has 1 aromatic heterocycles. The molecule has 3 rings (SSSR count). The number of aromatic nitrogens is 2. The van der Waals surface area contributed by atoms with Crippen LogP contribution in [-0.4, -0.2) is 22.0 Å². The number of carbonyl (C=O) groups is 1. The number of hydrogen-bond donors (Lipinski definition) is 1. The summed E-state index contributed by atoms with van der Waals surface area (Å²) in [6, 6.07) is 13.3.